The molecule has 2 amide bonds. The minimum atomic E-state index is -4.49. The zero-order valence-corrected chi connectivity index (χ0v) is 48.4. The molecular weight excluding hydrogens is 1020 g/mol. The number of nitrogens with one attached hydrogen (secondary N) is 1. The summed E-state index contributed by atoms with van der Waals surface area (Å²) in [6, 6.07) is 17.5. The maximum absolute atomic E-state index is 14.3. The summed E-state index contributed by atoms with van der Waals surface area (Å²) in [5, 5.41) is 3.35. The zero-order valence-electron chi connectivity index (χ0n) is 47.5. The predicted molar refractivity (Wildman–Crippen MR) is 306 cm³/mol. The zero-order chi connectivity index (χ0) is 56.6. The van der Waals surface area contributed by atoms with Crippen LogP contribution in [-0.2, 0) is 51.0 Å². The lowest BCUT2D eigenvalue weighted by Crippen LogP contribution is -2.37. The number of nitrogens with two attached hydrogens (primary N) is 1. The minimum Gasteiger partial charge on any atom is -0.465 e. The van der Waals surface area contributed by atoms with Crippen molar-refractivity contribution in [2.24, 2.45) is 23.7 Å². The summed E-state index contributed by atoms with van der Waals surface area (Å²) < 4.78 is 42.1. The van der Waals surface area contributed by atoms with Gasteiger partial charge in [-0.25, -0.2) is 19.3 Å². The molecule has 0 aliphatic carbocycles. The van der Waals surface area contributed by atoms with E-state index in [1.807, 2.05) is 51.0 Å². The third kappa shape index (κ3) is 25.8. The highest BCUT2D eigenvalue weighted by Crippen LogP contribution is 2.43. The molecule has 19 nitrogen and oxygen atoms in total. The van der Waals surface area contributed by atoms with Crippen molar-refractivity contribution in [2.75, 3.05) is 77.5 Å². The van der Waals surface area contributed by atoms with Gasteiger partial charge in [0, 0.05) is 43.0 Å². The van der Waals surface area contributed by atoms with E-state index in [1.165, 1.54) is 75.5 Å². The van der Waals surface area contributed by atoms with E-state index in [0.29, 0.717) is 58.9 Å². The summed E-state index contributed by atoms with van der Waals surface area (Å²) >= 11 is 0. The number of hydrogen-bond donors (Lipinski definition) is 3. The maximum Gasteiger partial charge on any atom is 0.472 e. The van der Waals surface area contributed by atoms with Crippen LogP contribution in [0.1, 0.15) is 164 Å². The van der Waals surface area contributed by atoms with Gasteiger partial charge in [-0.15, -0.1) is 0 Å². The average molecular weight is 1110 g/mol. The molecule has 432 valence electrons. The molecule has 4 aromatic rings. The summed E-state index contributed by atoms with van der Waals surface area (Å²) in [6.45, 7) is 4.40. The summed E-state index contributed by atoms with van der Waals surface area (Å²) in [7, 11) is 3.16. The van der Waals surface area contributed by atoms with E-state index in [1.54, 1.807) is 48.7 Å². The summed E-state index contributed by atoms with van der Waals surface area (Å²) in [5.41, 5.74) is 9.11. The number of quaternary nitrogens is 1. The van der Waals surface area contributed by atoms with Crippen LogP contribution in [0.2, 0.25) is 0 Å². The van der Waals surface area contributed by atoms with E-state index < -0.39 is 37.7 Å². The number of aliphatic imine (C=N–C) groups is 1. The summed E-state index contributed by atoms with van der Waals surface area (Å²) in [5.74, 6) is -1.21. The molecule has 0 aliphatic heterocycles. The van der Waals surface area contributed by atoms with Crippen LogP contribution in [0.25, 0.3) is 11.0 Å². The average Bonchev–Trinajstić information content (AvgIpc) is 3.73. The number of carbonyl (C=O) groups is 4. The third-order valence-corrected chi connectivity index (χ3v) is 14.2. The smallest absolute Gasteiger partial charge is 0.465 e. The number of aryl methyl sites for hydroxylation is 1. The predicted octanol–water partition coefficient (Wildman–Crippen LogP) is 11.5. The number of phosphoric acid groups is 1. The first kappa shape index (κ1) is 64.8. The van der Waals surface area contributed by atoms with Gasteiger partial charge in [0.15, 0.2) is 0 Å². The lowest BCUT2D eigenvalue weighted by Gasteiger charge is -2.24. The molecule has 0 saturated heterocycles. The number of anilines is 2. The van der Waals surface area contributed by atoms with Gasteiger partial charge in [0.1, 0.15) is 30.6 Å². The second-order valence-electron chi connectivity index (χ2n) is 21.0. The monoisotopic (exact) mass is 1110 g/mol. The van der Waals surface area contributed by atoms with E-state index in [4.69, 9.17) is 34.0 Å². The van der Waals surface area contributed by atoms with Gasteiger partial charge in [-0.2, -0.15) is 4.99 Å². The van der Waals surface area contributed by atoms with Crippen LogP contribution in [0, 0.1) is 5.92 Å². The van der Waals surface area contributed by atoms with Crippen molar-refractivity contribution in [1.82, 2.24) is 14.5 Å². The molecule has 2 unspecified atom stereocenters. The molecule has 2 heterocycles. The maximum atomic E-state index is 14.3. The number of carbonyl (C=O) groups excluding carboxylic acids is 4. The fourth-order valence-electron chi connectivity index (χ4n) is 8.40. The van der Waals surface area contributed by atoms with Crippen LogP contribution in [0.15, 0.2) is 71.9 Å². The number of ether oxygens (including phenoxy) is 3. The lowest BCUT2D eigenvalue weighted by atomic mass is 10.0. The van der Waals surface area contributed by atoms with Crippen molar-refractivity contribution in [3.05, 3.63) is 83.8 Å². The van der Waals surface area contributed by atoms with Crippen molar-refractivity contribution in [1.29, 1.82) is 0 Å². The number of unbranched alkanes of at least 4 members (excludes halogenated alkanes) is 16. The first-order valence-electron chi connectivity index (χ1n) is 28.3. The molecule has 0 radical (unpaired) electrons. The molecule has 78 heavy (non-hydrogen) atoms. The van der Waals surface area contributed by atoms with Crippen molar-refractivity contribution in [2.45, 2.75) is 149 Å². The molecular formula is C58H90N8O11P+. The highest BCUT2D eigenvalue weighted by Gasteiger charge is 2.27. The van der Waals surface area contributed by atoms with Gasteiger partial charge in [-0.1, -0.05) is 123 Å². The Morgan fingerprint density at radius 3 is 1.92 bits per heavy atom. The number of benzene rings is 2. The Labute approximate surface area is 463 Å². The van der Waals surface area contributed by atoms with Gasteiger partial charge >= 0.3 is 25.9 Å². The molecule has 0 spiro atoms. The van der Waals surface area contributed by atoms with Crippen molar-refractivity contribution >= 4 is 60.1 Å². The molecule has 4 N–H and O–H groups in total. The fourth-order valence-corrected chi connectivity index (χ4v) is 9.18. The number of hydrogen-bond acceptors (Lipinski definition) is 13. The molecule has 20 heteroatoms. The van der Waals surface area contributed by atoms with Crippen LogP contribution in [0.4, 0.5) is 16.3 Å². The number of rotatable bonds is 40. The number of fused-ring (bicyclic) bond motifs is 1. The number of aromatic nitrogens is 3. The highest BCUT2D eigenvalue weighted by atomic mass is 31.2. The number of pyridine rings is 1. The van der Waals surface area contributed by atoms with Crippen LogP contribution in [0.5, 0.6) is 0 Å². The number of imidazole rings is 1. The largest absolute Gasteiger partial charge is 0.472 e. The van der Waals surface area contributed by atoms with Crippen LogP contribution in [-0.4, -0.2) is 121 Å². The van der Waals surface area contributed by atoms with E-state index in [0.717, 1.165) is 49.7 Å². The minimum absolute atomic E-state index is 0.0301. The first-order chi connectivity index (χ1) is 37.5. The lowest BCUT2D eigenvalue weighted by molar-refractivity contribution is -0.870. The number of esters is 2. The Morgan fingerprint density at radius 1 is 0.731 bits per heavy atom. The van der Waals surface area contributed by atoms with Gasteiger partial charge in [0.05, 0.1) is 77.5 Å². The molecule has 2 aromatic carbocycles. The van der Waals surface area contributed by atoms with Crippen molar-refractivity contribution in [3.8, 4) is 0 Å². The quantitative estimate of drug-likeness (QED) is 0.00714. The molecule has 4 rings (SSSR count). The fraction of sp³-hybridized carbons (Fsp3) is 0.603. The van der Waals surface area contributed by atoms with Gasteiger partial charge in [-0.05, 0) is 67.4 Å². The second-order valence-corrected chi connectivity index (χ2v) is 22.4. The van der Waals surface area contributed by atoms with E-state index in [9.17, 15) is 28.6 Å². The SMILES string of the molecule is CCCCCCCCCCCCCCCCCC(=O)OCC(COC(=O)CCN(C(=O)c1ccc2c(c1)nc(CNc1ccc(/C(N)=N/C(=O)OCCCCC)cc1)n2C)c1ccccn1)COP(=O)(O)OCC[N+](C)(C)C. The molecule has 2 aromatic heterocycles. The number of nitrogens with zero attached hydrogens (tertiary/aromatic N) is 6. The first-order valence-corrected chi connectivity index (χ1v) is 29.7. The number of phosphoric ester groups is 1. The van der Waals surface area contributed by atoms with Gasteiger partial charge < -0.3 is 39.2 Å². The normalized spacial score (nSPS) is 13.0. The summed E-state index contributed by atoms with van der Waals surface area (Å²) in [4.78, 5) is 77.5. The van der Waals surface area contributed by atoms with Gasteiger partial charge in [-0.3, -0.25) is 28.3 Å². The molecule has 2 atom stereocenters. The Kier molecular flexibility index (Phi) is 29.7. The second kappa shape index (κ2) is 35.7. The number of amides is 2. The van der Waals surface area contributed by atoms with Crippen molar-refractivity contribution < 1.29 is 56.4 Å². The Bertz CT molecular complexity index is 2480. The summed E-state index contributed by atoms with van der Waals surface area (Å²) in [6.07, 6.45) is 21.8. The van der Waals surface area contributed by atoms with Crippen LogP contribution in [0.3, 0.4) is 0 Å². The van der Waals surface area contributed by atoms with Crippen molar-refractivity contribution in [3.63, 3.8) is 0 Å². The Morgan fingerprint density at radius 2 is 1.32 bits per heavy atom. The van der Waals surface area contributed by atoms with Crippen LogP contribution >= 0.6 is 7.82 Å². The molecule has 0 aliphatic rings. The Hall–Kier alpha value is -5.72. The number of likely N-dealkylation sites (N-methyl/N-ethyl adjacent to an activating group) is 1. The standard InChI is InChI=1S/C58H89N8O11P/c1-7-9-11-12-13-14-15-16-17-18-19-20-21-22-23-28-54(67)74-43-46(45-77-78(71,72)76-40-38-66(4,5)6)44-75-55(68)35-37-65(52-27-24-25-36-60-52)57(69)48-31-34-51-50(41-48)62-53(64(51)3)42-61-49-32-29-47(30-33-49)56(59)63-58(70)73-39-26-10-8-2/h24-25,27,29-34,36,41,46H,7-23,26,28,35,37-40,42-45H2,1-6H3,(H3-,59,61,63,70,71,72)/p+1. The topological polar surface area (TPSA) is 236 Å². The third-order valence-electron chi connectivity index (χ3n) is 13.2. The highest BCUT2D eigenvalue weighted by molar-refractivity contribution is 7.47. The van der Waals surface area contributed by atoms with Gasteiger partial charge in [0.2, 0.25) is 0 Å². The van der Waals surface area contributed by atoms with E-state index in [2.05, 4.69) is 29.1 Å². The molecule has 0 fully saturated rings. The van der Waals surface area contributed by atoms with Gasteiger partial charge in [0.25, 0.3) is 5.91 Å². The molecule has 0 saturated carbocycles. The van der Waals surface area contributed by atoms with E-state index >= 15 is 0 Å². The van der Waals surface area contributed by atoms with Crippen LogP contribution < -0.4 is 16.0 Å². The molecule has 0 bridgehead atoms. The Balaban J connectivity index is 1.30. The van der Waals surface area contributed by atoms with E-state index in [-0.39, 0.29) is 51.6 Å². The number of amidine groups is 1.